The highest BCUT2D eigenvalue weighted by Gasteiger charge is 2.59. The maximum Gasteiger partial charge on any atom is 0.188 e. The molecule has 41 heavy (non-hydrogen) atoms. The van der Waals surface area contributed by atoms with Crippen LogP contribution in [0, 0.1) is 46.3 Å². The van der Waals surface area contributed by atoms with Gasteiger partial charge in [-0.1, -0.05) is 71.3 Å². The van der Waals surface area contributed by atoms with Gasteiger partial charge in [-0.25, -0.2) is 4.98 Å². The summed E-state index contributed by atoms with van der Waals surface area (Å²) in [5.41, 5.74) is 4.63. The number of methoxy groups -OCH3 is 2. The highest BCUT2D eigenvalue weighted by Crippen LogP contribution is 2.68. The first kappa shape index (κ1) is 29.1. The molecule has 0 amide bonds. The van der Waals surface area contributed by atoms with E-state index in [0.29, 0.717) is 5.41 Å². The SMILES string of the molecule is COc1ccc(Nc2nc3c(s2)C2=CC[C@@H]4[C@H](CC[C@]5(C)C(C(C)CCCC(C)C)CC[C@@H]45)[C@@]2(C)CC3)c(OC)c1. The first-order valence-corrected chi connectivity index (χ1v) is 17.2. The van der Waals surface area contributed by atoms with Crippen molar-refractivity contribution in [2.45, 2.75) is 98.8 Å². The molecule has 1 aromatic carbocycles. The number of fused-ring (bicyclic) bond motifs is 7. The van der Waals surface area contributed by atoms with Crippen LogP contribution in [0.15, 0.2) is 24.3 Å². The maximum atomic E-state index is 5.64. The molecule has 1 aromatic heterocycles. The van der Waals surface area contributed by atoms with E-state index in [9.17, 15) is 0 Å². The van der Waals surface area contributed by atoms with E-state index in [0.717, 1.165) is 64.2 Å². The smallest absolute Gasteiger partial charge is 0.188 e. The molecule has 1 N–H and O–H groups in total. The summed E-state index contributed by atoms with van der Waals surface area (Å²) in [6.07, 6.45) is 16.2. The summed E-state index contributed by atoms with van der Waals surface area (Å²) in [6.45, 7) is 12.7. The average molecular weight is 577 g/mol. The molecule has 4 nitrogen and oxygen atoms in total. The van der Waals surface area contributed by atoms with Crippen molar-refractivity contribution in [1.82, 2.24) is 4.98 Å². The molecule has 7 atom stereocenters. The van der Waals surface area contributed by atoms with Crippen LogP contribution < -0.4 is 14.8 Å². The number of nitrogens with one attached hydrogen (secondary N) is 1. The van der Waals surface area contributed by atoms with Gasteiger partial charge in [0.25, 0.3) is 0 Å². The number of thiazole rings is 1. The molecule has 5 heteroatoms. The van der Waals surface area contributed by atoms with Crippen molar-refractivity contribution in [2.75, 3.05) is 19.5 Å². The summed E-state index contributed by atoms with van der Waals surface area (Å²) in [6, 6.07) is 5.91. The first-order valence-electron chi connectivity index (χ1n) is 16.4. The Balaban J connectivity index is 1.22. The van der Waals surface area contributed by atoms with E-state index in [4.69, 9.17) is 14.5 Å². The fraction of sp³-hybridized carbons (Fsp3) is 0.694. The predicted octanol–water partition coefficient (Wildman–Crippen LogP) is 10.2. The molecule has 2 fully saturated rings. The van der Waals surface area contributed by atoms with Crippen molar-refractivity contribution in [1.29, 1.82) is 0 Å². The standard InChI is InChI=1S/C36H52N2O2S/c1-22(2)9-8-10-23(3)26-14-15-27-25-12-13-29-33-31(18-20-36(29,5)28(25)17-19-35(26,27)4)38-34(41-33)37-30-16-11-24(39-6)21-32(30)40-7/h11,13,16,21-23,25-28H,8-10,12,14-15,17-20H2,1-7H3,(H,37,38)/t23?,25-,26?,27-,28-,35+,36+/m0/s1. The highest BCUT2D eigenvalue weighted by molar-refractivity contribution is 7.16. The van der Waals surface area contributed by atoms with Gasteiger partial charge in [0.1, 0.15) is 11.5 Å². The van der Waals surface area contributed by atoms with Crippen molar-refractivity contribution < 1.29 is 9.47 Å². The number of aromatic nitrogens is 1. The van der Waals surface area contributed by atoms with Crippen molar-refractivity contribution in [3.8, 4) is 11.5 Å². The van der Waals surface area contributed by atoms with Gasteiger partial charge in [-0.2, -0.15) is 0 Å². The Morgan fingerprint density at radius 1 is 1.02 bits per heavy atom. The topological polar surface area (TPSA) is 43.4 Å². The van der Waals surface area contributed by atoms with Crippen LogP contribution in [0.25, 0.3) is 5.57 Å². The lowest BCUT2D eigenvalue weighted by atomic mass is 9.47. The summed E-state index contributed by atoms with van der Waals surface area (Å²) >= 11 is 1.84. The van der Waals surface area contributed by atoms with Crippen LogP contribution in [0.1, 0.15) is 103 Å². The quantitative estimate of drug-likeness (QED) is 0.322. The normalized spacial score (nSPS) is 32.8. The lowest BCUT2D eigenvalue weighted by molar-refractivity contribution is -0.0392. The van der Waals surface area contributed by atoms with Gasteiger partial charge in [0.15, 0.2) is 5.13 Å². The van der Waals surface area contributed by atoms with Crippen molar-refractivity contribution >= 4 is 27.7 Å². The van der Waals surface area contributed by atoms with Gasteiger partial charge in [-0.3, -0.25) is 0 Å². The van der Waals surface area contributed by atoms with Crippen LogP contribution in [-0.4, -0.2) is 19.2 Å². The Bertz CT molecular complexity index is 1280. The number of hydrogen-bond donors (Lipinski definition) is 1. The predicted molar refractivity (Wildman–Crippen MR) is 172 cm³/mol. The number of hydrogen-bond acceptors (Lipinski definition) is 5. The van der Waals surface area contributed by atoms with Gasteiger partial charge in [-0.05, 0) is 109 Å². The number of anilines is 2. The van der Waals surface area contributed by atoms with E-state index < -0.39 is 0 Å². The van der Waals surface area contributed by atoms with Gasteiger partial charge in [0.05, 0.1) is 30.5 Å². The van der Waals surface area contributed by atoms with Crippen LogP contribution in [0.4, 0.5) is 10.8 Å². The zero-order valence-corrected chi connectivity index (χ0v) is 27.3. The Kier molecular flexibility index (Phi) is 7.98. The minimum atomic E-state index is 0.278. The van der Waals surface area contributed by atoms with Crippen LogP contribution in [0.2, 0.25) is 0 Å². The second-order valence-electron chi connectivity index (χ2n) is 14.7. The molecule has 4 aliphatic rings. The van der Waals surface area contributed by atoms with Gasteiger partial charge in [0.2, 0.25) is 0 Å². The number of nitrogens with zero attached hydrogens (tertiary/aromatic N) is 1. The van der Waals surface area contributed by atoms with Crippen molar-refractivity contribution in [2.24, 2.45) is 46.3 Å². The Morgan fingerprint density at radius 2 is 1.85 bits per heavy atom. The molecule has 224 valence electrons. The van der Waals surface area contributed by atoms with Crippen LogP contribution in [-0.2, 0) is 6.42 Å². The third-order valence-electron chi connectivity index (χ3n) is 12.1. The van der Waals surface area contributed by atoms with Crippen LogP contribution in [0.5, 0.6) is 11.5 Å². The first-order chi connectivity index (χ1) is 19.7. The van der Waals surface area contributed by atoms with Crippen LogP contribution in [0.3, 0.4) is 0 Å². The molecule has 1 heterocycles. The van der Waals surface area contributed by atoms with Gasteiger partial charge in [-0.15, -0.1) is 0 Å². The minimum absolute atomic E-state index is 0.278. The molecular weight excluding hydrogens is 524 g/mol. The van der Waals surface area contributed by atoms with Crippen LogP contribution >= 0.6 is 11.3 Å². The minimum Gasteiger partial charge on any atom is -0.497 e. The molecule has 2 aromatic rings. The Labute approximate surface area is 252 Å². The summed E-state index contributed by atoms with van der Waals surface area (Å²) in [7, 11) is 3.39. The molecule has 6 rings (SSSR count). The van der Waals surface area contributed by atoms with E-state index in [-0.39, 0.29) is 5.41 Å². The lowest BCUT2D eigenvalue weighted by Crippen LogP contribution is -2.49. The van der Waals surface area contributed by atoms with E-state index >= 15 is 0 Å². The maximum absolute atomic E-state index is 5.64. The molecule has 0 radical (unpaired) electrons. The number of allylic oxidation sites excluding steroid dienone is 2. The van der Waals surface area contributed by atoms with E-state index in [1.54, 1.807) is 19.8 Å². The molecule has 0 aliphatic heterocycles. The number of rotatable bonds is 9. The third-order valence-corrected chi connectivity index (χ3v) is 13.2. The zero-order chi connectivity index (χ0) is 28.9. The molecule has 0 bridgehead atoms. The fourth-order valence-electron chi connectivity index (χ4n) is 9.97. The number of aryl methyl sites for hydroxylation is 1. The zero-order valence-electron chi connectivity index (χ0n) is 26.5. The summed E-state index contributed by atoms with van der Waals surface area (Å²) in [4.78, 5) is 6.53. The number of benzene rings is 1. The molecule has 2 unspecified atom stereocenters. The van der Waals surface area contributed by atoms with Gasteiger partial charge >= 0.3 is 0 Å². The monoisotopic (exact) mass is 576 g/mol. The van der Waals surface area contributed by atoms with Gasteiger partial charge < -0.3 is 14.8 Å². The average Bonchev–Trinajstić information content (AvgIpc) is 3.53. The Morgan fingerprint density at radius 3 is 2.61 bits per heavy atom. The summed E-state index contributed by atoms with van der Waals surface area (Å²) < 4.78 is 11.0. The van der Waals surface area contributed by atoms with Crippen molar-refractivity contribution in [3.05, 3.63) is 34.8 Å². The number of ether oxygens (including phenoxy) is 2. The molecule has 4 aliphatic carbocycles. The van der Waals surface area contributed by atoms with E-state index in [2.05, 4.69) is 46.0 Å². The summed E-state index contributed by atoms with van der Waals surface area (Å²) in [5.74, 6) is 6.75. The molecule has 0 saturated heterocycles. The second kappa shape index (κ2) is 11.2. The lowest BCUT2D eigenvalue weighted by Gasteiger charge is -2.57. The Hall–Kier alpha value is -2.01. The van der Waals surface area contributed by atoms with Crippen molar-refractivity contribution in [3.63, 3.8) is 0 Å². The van der Waals surface area contributed by atoms with E-state index in [1.807, 2.05) is 29.5 Å². The second-order valence-corrected chi connectivity index (χ2v) is 15.7. The summed E-state index contributed by atoms with van der Waals surface area (Å²) in [5, 5.41) is 4.53. The fourth-order valence-corrected chi connectivity index (χ4v) is 11.2. The third kappa shape index (κ3) is 5.02. The van der Waals surface area contributed by atoms with E-state index in [1.165, 1.54) is 68.4 Å². The largest absolute Gasteiger partial charge is 0.497 e. The highest BCUT2D eigenvalue weighted by atomic mass is 32.1. The molecule has 0 spiro atoms. The molecular formula is C36H52N2O2S. The van der Waals surface area contributed by atoms with Gasteiger partial charge in [0, 0.05) is 6.07 Å². The molecule has 2 saturated carbocycles.